The first kappa shape index (κ1) is 22.8. The molecule has 1 aliphatic heterocycles. The summed E-state index contributed by atoms with van der Waals surface area (Å²) >= 11 is 0. The molecule has 1 heterocycles. The normalized spacial score (nSPS) is 16.9. The van der Waals surface area contributed by atoms with Gasteiger partial charge in [-0.2, -0.15) is 0 Å². The van der Waals surface area contributed by atoms with Gasteiger partial charge in [-0.15, -0.1) is 0 Å². The molecule has 0 bridgehead atoms. The van der Waals surface area contributed by atoms with Crippen LogP contribution in [0.3, 0.4) is 0 Å². The lowest BCUT2D eigenvalue weighted by Gasteiger charge is -2.41. The highest BCUT2D eigenvalue weighted by molar-refractivity contribution is 5.87. The third-order valence-corrected chi connectivity index (χ3v) is 5.73. The molecule has 3 rings (SSSR count). The van der Waals surface area contributed by atoms with Crippen molar-refractivity contribution in [2.75, 3.05) is 33.0 Å². The number of hydrogen-bond donors (Lipinski definition) is 1. The van der Waals surface area contributed by atoms with Crippen molar-refractivity contribution >= 4 is 17.7 Å². The number of nitrogen functional groups attached to an aromatic ring is 1. The molecule has 1 atom stereocenters. The molecular formula is C25H31FN2O3. The van der Waals surface area contributed by atoms with E-state index in [-0.39, 0.29) is 6.04 Å². The van der Waals surface area contributed by atoms with Gasteiger partial charge in [0.1, 0.15) is 11.4 Å². The van der Waals surface area contributed by atoms with Crippen molar-refractivity contribution in [1.82, 2.24) is 4.90 Å². The van der Waals surface area contributed by atoms with E-state index in [0.717, 1.165) is 40.9 Å². The number of benzene rings is 2. The quantitative estimate of drug-likeness (QED) is 0.420. The van der Waals surface area contributed by atoms with E-state index in [1.165, 1.54) is 18.7 Å². The van der Waals surface area contributed by atoms with Crippen molar-refractivity contribution in [2.24, 2.45) is 0 Å². The van der Waals surface area contributed by atoms with Gasteiger partial charge in [-0.25, -0.2) is 9.18 Å². The van der Waals surface area contributed by atoms with E-state index < -0.39 is 11.6 Å². The second-order valence-corrected chi connectivity index (χ2v) is 8.55. The molecule has 0 fully saturated rings. The third-order valence-electron chi connectivity index (χ3n) is 5.73. The lowest BCUT2D eigenvalue weighted by atomic mass is 9.84. The van der Waals surface area contributed by atoms with Crippen LogP contribution in [0.15, 0.2) is 36.4 Å². The van der Waals surface area contributed by atoms with Gasteiger partial charge in [-0.1, -0.05) is 18.2 Å². The van der Waals surface area contributed by atoms with Crippen LogP contribution in [-0.4, -0.2) is 43.8 Å². The van der Waals surface area contributed by atoms with Crippen LogP contribution in [0, 0.1) is 6.92 Å². The van der Waals surface area contributed by atoms with E-state index in [1.807, 2.05) is 37.3 Å². The topological polar surface area (TPSA) is 64.8 Å². The van der Waals surface area contributed by atoms with Crippen molar-refractivity contribution in [2.45, 2.75) is 38.9 Å². The molecule has 0 saturated heterocycles. The number of nitrogens with zero attached hydrogens (tertiary/aromatic N) is 1. The van der Waals surface area contributed by atoms with E-state index in [4.69, 9.17) is 10.5 Å². The minimum Gasteiger partial charge on any atom is -0.496 e. The number of nitrogens with two attached hydrogens (primary N) is 1. The first-order valence-electron chi connectivity index (χ1n) is 10.4. The van der Waals surface area contributed by atoms with Crippen LogP contribution < -0.4 is 10.5 Å². The number of alkyl halides is 1. The zero-order chi connectivity index (χ0) is 22.8. The van der Waals surface area contributed by atoms with Crippen LogP contribution in [0.2, 0.25) is 0 Å². The second-order valence-electron chi connectivity index (χ2n) is 8.55. The summed E-state index contributed by atoms with van der Waals surface area (Å²) in [5.41, 5.74) is 10.8. The van der Waals surface area contributed by atoms with E-state index in [2.05, 4.69) is 9.64 Å². The predicted octanol–water partition coefficient (Wildman–Crippen LogP) is 4.47. The maximum atomic E-state index is 14.7. The Morgan fingerprint density at radius 3 is 2.61 bits per heavy atom. The Morgan fingerprint density at radius 1 is 1.26 bits per heavy atom. The smallest absolute Gasteiger partial charge is 0.330 e. The van der Waals surface area contributed by atoms with Crippen molar-refractivity contribution in [3.63, 3.8) is 0 Å². The fraction of sp³-hybridized carbons (Fsp3) is 0.400. The molecule has 1 unspecified atom stereocenters. The highest BCUT2D eigenvalue weighted by Crippen LogP contribution is 2.42. The van der Waals surface area contributed by atoms with E-state index >= 15 is 0 Å². The zero-order valence-corrected chi connectivity index (χ0v) is 18.9. The van der Waals surface area contributed by atoms with Crippen molar-refractivity contribution < 1.29 is 18.7 Å². The summed E-state index contributed by atoms with van der Waals surface area (Å²) in [6.45, 7) is 6.27. The largest absolute Gasteiger partial charge is 0.496 e. The number of halogens is 1. The summed E-state index contributed by atoms with van der Waals surface area (Å²) in [6, 6.07) is 9.60. The van der Waals surface area contributed by atoms with Crippen LogP contribution in [0.5, 0.6) is 5.75 Å². The zero-order valence-electron chi connectivity index (χ0n) is 18.9. The van der Waals surface area contributed by atoms with E-state index in [0.29, 0.717) is 12.3 Å². The molecule has 166 valence electrons. The lowest BCUT2D eigenvalue weighted by molar-refractivity contribution is -0.134. The maximum Gasteiger partial charge on any atom is 0.330 e. The molecular weight excluding hydrogens is 395 g/mol. The average Bonchev–Trinajstić information content (AvgIpc) is 2.73. The second kappa shape index (κ2) is 9.10. The van der Waals surface area contributed by atoms with E-state index in [1.54, 1.807) is 27.0 Å². The Morgan fingerprint density at radius 2 is 1.97 bits per heavy atom. The van der Waals surface area contributed by atoms with Crippen LogP contribution in [0.25, 0.3) is 6.08 Å². The summed E-state index contributed by atoms with van der Waals surface area (Å²) in [5.74, 6) is 0.259. The van der Waals surface area contributed by atoms with Gasteiger partial charge in [0, 0.05) is 30.4 Å². The Hall–Kier alpha value is -2.86. The monoisotopic (exact) mass is 426 g/mol. The molecule has 2 aromatic rings. The molecule has 31 heavy (non-hydrogen) atoms. The number of ether oxygens (including phenoxy) is 2. The SMILES string of the molecule is COC(=O)/C=C/c1ccc(C2c3ccc(N)c(C)c3CCN2CC(C)(C)F)c(OC)c1. The molecule has 0 amide bonds. The number of hydrogen-bond acceptors (Lipinski definition) is 5. The number of esters is 1. The summed E-state index contributed by atoms with van der Waals surface area (Å²) in [4.78, 5) is 13.6. The summed E-state index contributed by atoms with van der Waals surface area (Å²) in [5, 5.41) is 0. The van der Waals surface area contributed by atoms with Crippen molar-refractivity contribution in [3.8, 4) is 5.75 Å². The first-order valence-corrected chi connectivity index (χ1v) is 10.4. The van der Waals surface area contributed by atoms with Gasteiger partial charge in [0.2, 0.25) is 0 Å². The molecule has 6 heteroatoms. The number of fused-ring (bicyclic) bond motifs is 1. The summed E-state index contributed by atoms with van der Waals surface area (Å²) in [6.07, 6.45) is 3.87. The highest BCUT2D eigenvalue weighted by atomic mass is 19.1. The predicted molar refractivity (Wildman–Crippen MR) is 122 cm³/mol. The average molecular weight is 427 g/mol. The lowest BCUT2D eigenvalue weighted by Crippen LogP contribution is -2.43. The molecule has 0 spiro atoms. The Balaban J connectivity index is 2.11. The van der Waals surface area contributed by atoms with E-state index in [9.17, 15) is 9.18 Å². The Kier molecular flexibility index (Phi) is 6.70. The Bertz CT molecular complexity index is 995. The number of rotatable bonds is 6. The molecule has 0 radical (unpaired) electrons. The molecule has 2 aromatic carbocycles. The number of methoxy groups -OCH3 is 2. The first-order chi connectivity index (χ1) is 14.6. The van der Waals surface area contributed by atoms with Gasteiger partial charge in [0.05, 0.1) is 20.3 Å². The molecule has 5 nitrogen and oxygen atoms in total. The van der Waals surface area contributed by atoms with Gasteiger partial charge in [0.25, 0.3) is 0 Å². The van der Waals surface area contributed by atoms with Gasteiger partial charge in [-0.3, -0.25) is 4.90 Å². The number of carbonyl (C=O) groups excluding carboxylic acids is 1. The summed E-state index contributed by atoms with van der Waals surface area (Å²) < 4.78 is 25.1. The molecule has 0 saturated carbocycles. The number of carbonyl (C=O) groups is 1. The highest BCUT2D eigenvalue weighted by Gasteiger charge is 2.35. The standard InChI is InChI=1S/C25H31FN2O3/c1-16-18-12-13-28(15-25(2,3)26)24(19(18)9-10-21(16)27)20-8-6-17(14-22(20)30-4)7-11-23(29)31-5/h6-11,14,24H,12-13,15,27H2,1-5H3/b11-7+. The third kappa shape index (κ3) is 5.07. The molecule has 1 aliphatic rings. The van der Waals surface area contributed by atoms with Gasteiger partial charge in [-0.05, 0) is 67.7 Å². The van der Waals surface area contributed by atoms with Crippen molar-refractivity contribution in [3.05, 3.63) is 64.2 Å². The fourth-order valence-corrected chi connectivity index (χ4v) is 4.27. The Labute approximate surface area is 183 Å². The molecule has 2 N–H and O–H groups in total. The van der Waals surface area contributed by atoms with Crippen LogP contribution in [-0.2, 0) is 16.0 Å². The van der Waals surface area contributed by atoms with Crippen LogP contribution in [0.1, 0.15) is 47.7 Å². The minimum absolute atomic E-state index is 0.160. The minimum atomic E-state index is -1.34. The van der Waals surface area contributed by atoms with Crippen LogP contribution >= 0.6 is 0 Å². The molecule has 0 aromatic heterocycles. The van der Waals surface area contributed by atoms with Gasteiger partial charge < -0.3 is 15.2 Å². The van der Waals surface area contributed by atoms with Gasteiger partial charge >= 0.3 is 5.97 Å². The number of anilines is 1. The maximum absolute atomic E-state index is 14.7. The molecule has 0 aliphatic carbocycles. The summed E-state index contributed by atoms with van der Waals surface area (Å²) in [7, 11) is 2.96. The van der Waals surface area contributed by atoms with Crippen LogP contribution in [0.4, 0.5) is 10.1 Å². The van der Waals surface area contributed by atoms with Crippen molar-refractivity contribution in [1.29, 1.82) is 0 Å². The fourth-order valence-electron chi connectivity index (χ4n) is 4.27. The van der Waals surface area contributed by atoms with Gasteiger partial charge in [0.15, 0.2) is 0 Å².